The fourth-order valence-corrected chi connectivity index (χ4v) is 4.67. The molecule has 6 unspecified atom stereocenters. The number of phosphoric acid groups is 2. The van der Waals surface area contributed by atoms with Crippen LogP contribution in [0.25, 0.3) is 0 Å². The van der Waals surface area contributed by atoms with Crippen LogP contribution in [0.2, 0.25) is 0 Å². The summed E-state index contributed by atoms with van der Waals surface area (Å²) in [5, 5.41) is 46.5. The standard InChI is InChI=1S/C9H14N2O12P2.C6H12O4.2C2H6/c12-5-1-2-11(9(15)10-5)8-7(14)6(13)4(22-8)3-21-25(19,20)23-24(16,17)18;7-3-5-6(9)4(8)1-2-10-5;2*1-2/h1-2,4,6-8,13-14H,3H2,(H,19,20)(H,10,12,15)(H2,16,17,18);4-9H,1-3H2;2*1-2H3/t;4?,5-,6-;;/m.1../s1. The Hall–Kier alpha value is -1.34. The van der Waals surface area contributed by atoms with Gasteiger partial charge in [-0.25, -0.2) is 13.9 Å². The Bertz CT molecular complexity index is 1040. The Morgan fingerprint density at radius 1 is 1.00 bits per heavy atom. The molecule has 0 amide bonds. The molecule has 9 N–H and O–H groups in total. The Morgan fingerprint density at radius 2 is 1.59 bits per heavy atom. The van der Waals surface area contributed by atoms with Gasteiger partial charge in [-0.2, -0.15) is 4.31 Å². The lowest BCUT2D eigenvalue weighted by Crippen LogP contribution is -2.46. The minimum atomic E-state index is -5.32. The number of aromatic nitrogens is 2. The van der Waals surface area contributed by atoms with Gasteiger partial charge in [0, 0.05) is 18.9 Å². The second kappa shape index (κ2) is 17.5. The molecule has 2 aliphatic heterocycles. The molecule has 0 bridgehead atoms. The molecule has 18 nitrogen and oxygen atoms in total. The number of aliphatic hydroxyl groups is 5. The van der Waals surface area contributed by atoms with Gasteiger partial charge < -0.3 is 49.7 Å². The smallest absolute Gasteiger partial charge is 0.394 e. The van der Waals surface area contributed by atoms with E-state index in [9.17, 15) is 28.9 Å². The molecular formula is C19H38N2O16P2. The lowest BCUT2D eigenvalue weighted by atomic mass is 10.0. The monoisotopic (exact) mass is 612 g/mol. The van der Waals surface area contributed by atoms with E-state index in [1.165, 1.54) is 0 Å². The Morgan fingerprint density at radius 3 is 2.08 bits per heavy atom. The molecule has 1 aromatic heterocycles. The number of H-pyrrole nitrogens is 1. The molecule has 39 heavy (non-hydrogen) atoms. The van der Waals surface area contributed by atoms with Crippen LogP contribution in [0.5, 0.6) is 0 Å². The van der Waals surface area contributed by atoms with E-state index >= 15 is 0 Å². The topological polar surface area (TPSA) is 288 Å². The second-order valence-corrected chi connectivity index (χ2v) is 10.2. The van der Waals surface area contributed by atoms with Crippen LogP contribution in [-0.4, -0.2) is 106 Å². The molecule has 20 heteroatoms. The van der Waals surface area contributed by atoms with Crippen LogP contribution in [-0.2, 0) is 27.4 Å². The van der Waals surface area contributed by atoms with E-state index in [0.29, 0.717) is 13.0 Å². The first kappa shape index (κ1) is 37.7. The second-order valence-electron chi connectivity index (χ2n) is 7.34. The zero-order valence-electron chi connectivity index (χ0n) is 21.7. The van der Waals surface area contributed by atoms with Gasteiger partial charge in [0.25, 0.3) is 5.56 Å². The predicted octanol–water partition coefficient (Wildman–Crippen LogP) is -2.08. The summed E-state index contributed by atoms with van der Waals surface area (Å²) in [4.78, 5) is 50.7. The molecule has 0 spiro atoms. The van der Waals surface area contributed by atoms with Crippen molar-refractivity contribution in [3.05, 3.63) is 33.1 Å². The van der Waals surface area contributed by atoms with Crippen molar-refractivity contribution in [2.24, 2.45) is 0 Å². The van der Waals surface area contributed by atoms with Gasteiger partial charge in [-0.15, -0.1) is 0 Å². The van der Waals surface area contributed by atoms with Crippen LogP contribution in [0.3, 0.4) is 0 Å². The summed E-state index contributed by atoms with van der Waals surface area (Å²) in [6, 6.07) is 0.962. The van der Waals surface area contributed by atoms with Crippen molar-refractivity contribution in [3.8, 4) is 0 Å². The van der Waals surface area contributed by atoms with E-state index < -0.39 is 76.4 Å². The van der Waals surface area contributed by atoms with E-state index in [1.807, 2.05) is 32.7 Å². The molecule has 3 heterocycles. The average molecular weight is 612 g/mol. The quantitative estimate of drug-likeness (QED) is 0.149. The molecule has 2 fully saturated rings. The molecule has 0 aliphatic carbocycles. The summed E-state index contributed by atoms with van der Waals surface area (Å²) in [5.74, 6) is 0. The zero-order valence-corrected chi connectivity index (χ0v) is 23.5. The van der Waals surface area contributed by atoms with Crippen molar-refractivity contribution in [2.75, 3.05) is 19.8 Å². The highest BCUT2D eigenvalue weighted by atomic mass is 31.3. The van der Waals surface area contributed by atoms with E-state index in [4.69, 9.17) is 39.5 Å². The van der Waals surface area contributed by atoms with E-state index in [2.05, 4.69) is 8.83 Å². The van der Waals surface area contributed by atoms with Gasteiger partial charge in [0.15, 0.2) is 6.23 Å². The summed E-state index contributed by atoms with van der Waals surface area (Å²) >= 11 is 0. The number of hydrogen-bond donors (Lipinski definition) is 9. The number of nitrogens with zero attached hydrogens (tertiary/aromatic N) is 1. The van der Waals surface area contributed by atoms with Crippen molar-refractivity contribution >= 4 is 15.6 Å². The zero-order chi connectivity index (χ0) is 30.6. The molecule has 1 aromatic rings. The number of ether oxygens (including phenoxy) is 2. The van der Waals surface area contributed by atoms with Crippen LogP contribution < -0.4 is 11.2 Å². The molecule has 8 atom stereocenters. The molecule has 230 valence electrons. The van der Waals surface area contributed by atoms with Crippen molar-refractivity contribution < 1.29 is 67.7 Å². The number of phosphoric ester groups is 1. The minimum absolute atomic E-state index is 0.238. The van der Waals surface area contributed by atoms with Crippen molar-refractivity contribution in [1.29, 1.82) is 0 Å². The van der Waals surface area contributed by atoms with Gasteiger partial charge in [0.2, 0.25) is 0 Å². The number of rotatable bonds is 7. The average Bonchev–Trinajstić information content (AvgIpc) is 3.14. The van der Waals surface area contributed by atoms with Crippen LogP contribution in [0.1, 0.15) is 40.3 Å². The van der Waals surface area contributed by atoms with Gasteiger partial charge in [0.05, 0.1) is 19.3 Å². The van der Waals surface area contributed by atoms with Crippen LogP contribution in [0.4, 0.5) is 0 Å². The molecular weight excluding hydrogens is 574 g/mol. The Kier molecular flexibility index (Phi) is 16.9. The largest absolute Gasteiger partial charge is 0.481 e. The molecule has 0 radical (unpaired) electrons. The molecule has 2 aliphatic rings. The fourth-order valence-electron chi connectivity index (χ4n) is 3.07. The summed E-state index contributed by atoms with van der Waals surface area (Å²) in [6.07, 6.45) is -7.09. The Labute approximate surface area is 223 Å². The maximum absolute atomic E-state index is 11.7. The van der Waals surface area contributed by atoms with Crippen LogP contribution in [0.15, 0.2) is 21.9 Å². The van der Waals surface area contributed by atoms with E-state index in [0.717, 1.165) is 16.8 Å². The van der Waals surface area contributed by atoms with Crippen molar-refractivity contribution in [1.82, 2.24) is 9.55 Å². The maximum Gasteiger partial charge on any atom is 0.481 e. The number of nitrogens with one attached hydrogen (secondary N) is 1. The number of aromatic amines is 1. The van der Waals surface area contributed by atoms with Gasteiger partial charge in [-0.05, 0) is 6.42 Å². The molecule has 0 aromatic carbocycles. The summed E-state index contributed by atoms with van der Waals surface area (Å²) in [6.45, 7) is 7.27. The predicted molar refractivity (Wildman–Crippen MR) is 132 cm³/mol. The highest BCUT2D eigenvalue weighted by molar-refractivity contribution is 7.60. The summed E-state index contributed by atoms with van der Waals surface area (Å²) in [5.41, 5.74) is -1.65. The third-order valence-corrected chi connectivity index (χ3v) is 6.93. The number of hydrogen-bond acceptors (Lipinski definition) is 13. The fraction of sp³-hybridized carbons (Fsp3) is 0.789. The van der Waals surface area contributed by atoms with Gasteiger partial charge in [-0.1, -0.05) is 27.7 Å². The number of aliphatic hydroxyl groups excluding tert-OH is 5. The minimum Gasteiger partial charge on any atom is -0.394 e. The first-order chi connectivity index (χ1) is 18.1. The van der Waals surface area contributed by atoms with Gasteiger partial charge in [0.1, 0.15) is 30.5 Å². The molecule has 0 saturated carbocycles. The maximum atomic E-state index is 11.7. The van der Waals surface area contributed by atoms with Crippen LogP contribution in [0, 0.1) is 0 Å². The molecule has 2 saturated heterocycles. The van der Waals surface area contributed by atoms with Gasteiger partial charge >= 0.3 is 21.3 Å². The third kappa shape index (κ3) is 12.4. The highest BCUT2D eigenvalue weighted by Crippen LogP contribution is 2.57. The van der Waals surface area contributed by atoms with Crippen molar-refractivity contribution in [3.63, 3.8) is 0 Å². The lowest BCUT2D eigenvalue weighted by Gasteiger charge is -2.30. The Balaban J connectivity index is 0.000000857. The molecule has 3 rings (SSSR count). The highest BCUT2D eigenvalue weighted by Gasteiger charge is 2.45. The first-order valence-corrected chi connectivity index (χ1v) is 14.8. The normalized spacial score (nSPS) is 29.9. The third-order valence-electron chi connectivity index (χ3n) is 4.77. The van der Waals surface area contributed by atoms with E-state index in [1.54, 1.807) is 0 Å². The van der Waals surface area contributed by atoms with Crippen molar-refractivity contribution in [2.45, 2.75) is 77.0 Å². The van der Waals surface area contributed by atoms with E-state index in [-0.39, 0.29) is 6.61 Å². The summed E-state index contributed by atoms with van der Waals surface area (Å²) in [7, 11) is -10.5. The van der Waals surface area contributed by atoms with Crippen LogP contribution >= 0.6 is 15.6 Å². The lowest BCUT2D eigenvalue weighted by molar-refractivity contribution is -0.147. The first-order valence-electron chi connectivity index (χ1n) is 11.8. The SMILES string of the molecule is CC.CC.O=c1ccn(C2OC(COP(=O)(O)OP(=O)(O)O)C(O)C2O)c(=O)[nH]1.OC[C@H]1OCCC(O)[C@H]1O. The van der Waals surface area contributed by atoms with Gasteiger partial charge in [-0.3, -0.25) is 18.9 Å². The summed E-state index contributed by atoms with van der Waals surface area (Å²) < 4.78 is 40.6.